The Bertz CT molecular complexity index is 774. The topological polar surface area (TPSA) is 35.6 Å². The van der Waals surface area contributed by atoms with Crippen LogP contribution in [-0.2, 0) is 16.8 Å². The predicted molar refractivity (Wildman–Crippen MR) is 102 cm³/mol. The van der Waals surface area contributed by atoms with E-state index < -0.39 is 0 Å². The van der Waals surface area contributed by atoms with Crippen molar-refractivity contribution in [1.29, 1.82) is 0 Å². The third-order valence-corrected chi connectivity index (χ3v) is 5.69. The fraction of sp³-hybridized carbons (Fsp3) is 0.381. The number of likely N-dealkylation sites (tertiary alicyclic amines) is 1. The Morgan fingerprint density at radius 1 is 1.04 bits per heavy atom. The quantitative estimate of drug-likeness (QED) is 0.935. The number of nitrogens with zero attached hydrogens (tertiary/aromatic N) is 2. The molecule has 0 aromatic heterocycles. The Morgan fingerprint density at radius 2 is 1.72 bits per heavy atom. The van der Waals surface area contributed by atoms with E-state index in [2.05, 4.69) is 59.5 Å². The molecule has 130 valence electrons. The Hall–Kier alpha value is -2.33. The van der Waals surface area contributed by atoms with Crippen molar-refractivity contribution in [1.82, 2.24) is 4.90 Å². The van der Waals surface area contributed by atoms with Gasteiger partial charge in [0.1, 0.15) is 0 Å². The summed E-state index contributed by atoms with van der Waals surface area (Å²) in [5.74, 6) is 0.184. The third-order valence-electron chi connectivity index (χ3n) is 5.69. The molecule has 25 heavy (non-hydrogen) atoms. The minimum Gasteiger partial charge on any atom is -0.378 e. The maximum atomic E-state index is 12.6. The van der Waals surface area contributed by atoms with Crippen molar-refractivity contribution in [3.05, 3.63) is 59.7 Å². The second-order valence-electron chi connectivity index (χ2n) is 7.42. The first-order valence-corrected chi connectivity index (χ1v) is 8.98. The van der Waals surface area contributed by atoms with Crippen LogP contribution in [0.1, 0.15) is 24.0 Å². The summed E-state index contributed by atoms with van der Waals surface area (Å²) >= 11 is 0. The van der Waals surface area contributed by atoms with Gasteiger partial charge in [-0.15, -0.1) is 0 Å². The molecule has 0 unspecified atom stereocenters. The average Bonchev–Trinajstić information content (AvgIpc) is 2.89. The zero-order valence-electron chi connectivity index (χ0n) is 15.0. The second kappa shape index (κ2) is 6.19. The lowest BCUT2D eigenvalue weighted by molar-refractivity contribution is -0.122. The van der Waals surface area contributed by atoms with Gasteiger partial charge in [0.2, 0.25) is 5.91 Å². The Balaban J connectivity index is 1.44. The summed E-state index contributed by atoms with van der Waals surface area (Å²) in [5.41, 5.74) is 4.43. The molecule has 1 spiro atoms. The zero-order valence-corrected chi connectivity index (χ0v) is 15.0. The van der Waals surface area contributed by atoms with E-state index in [1.54, 1.807) is 0 Å². The van der Waals surface area contributed by atoms with E-state index in [1.807, 2.05) is 18.2 Å². The van der Waals surface area contributed by atoms with E-state index >= 15 is 0 Å². The highest BCUT2D eigenvalue weighted by molar-refractivity contribution is 6.06. The van der Waals surface area contributed by atoms with Crippen molar-refractivity contribution in [3.8, 4) is 0 Å². The van der Waals surface area contributed by atoms with Crippen molar-refractivity contribution in [2.75, 3.05) is 37.4 Å². The lowest BCUT2D eigenvalue weighted by atomic mass is 9.73. The van der Waals surface area contributed by atoms with Gasteiger partial charge in [0.15, 0.2) is 0 Å². The number of para-hydroxylation sites is 1. The molecule has 2 aliphatic rings. The maximum Gasteiger partial charge on any atom is 0.235 e. The highest BCUT2D eigenvalue weighted by Crippen LogP contribution is 2.44. The average molecular weight is 335 g/mol. The van der Waals surface area contributed by atoms with Crippen molar-refractivity contribution < 1.29 is 4.79 Å². The molecule has 0 saturated carbocycles. The second-order valence-corrected chi connectivity index (χ2v) is 7.42. The van der Waals surface area contributed by atoms with Crippen molar-refractivity contribution in [2.45, 2.75) is 24.8 Å². The summed E-state index contributed by atoms with van der Waals surface area (Å²) < 4.78 is 0. The maximum absolute atomic E-state index is 12.6. The van der Waals surface area contributed by atoms with Crippen molar-refractivity contribution in [2.24, 2.45) is 0 Å². The number of nitrogens with one attached hydrogen (secondary N) is 1. The first-order valence-electron chi connectivity index (χ1n) is 8.98. The van der Waals surface area contributed by atoms with Gasteiger partial charge in [0.25, 0.3) is 0 Å². The van der Waals surface area contributed by atoms with Gasteiger partial charge < -0.3 is 10.2 Å². The van der Waals surface area contributed by atoms with Gasteiger partial charge in [-0.1, -0.05) is 30.3 Å². The molecule has 4 rings (SSSR count). The molecule has 1 N–H and O–H groups in total. The first-order chi connectivity index (χ1) is 12.1. The number of carbonyl (C=O) groups is 1. The first kappa shape index (κ1) is 16.2. The summed E-state index contributed by atoms with van der Waals surface area (Å²) in [6, 6.07) is 16.9. The molecule has 2 aromatic carbocycles. The molecule has 4 heteroatoms. The molecule has 1 fully saturated rings. The smallest absolute Gasteiger partial charge is 0.235 e. The number of benzene rings is 2. The van der Waals surface area contributed by atoms with E-state index in [4.69, 9.17) is 0 Å². The van der Waals surface area contributed by atoms with Gasteiger partial charge in [-0.3, -0.25) is 9.69 Å². The highest BCUT2D eigenvalue weighted by Gasteiger charge is 2.48. The van der Waals surface area contributed by atoms with Crippen LogP contribution in [0.15, 0.2) is 48.5 Å². The Kier molecular flexibility index (Phi) is 4.00. The van der Waals surface area contributed by atoms with E-state index in [0.29, 0.717) is 0 Å². The van der Waals surface area contributed by atoms with Crippen LogP contribution in [-0.4, -0.2) is 38.0 Å². The van der Waals surface area contributed by atoms with Gasteiger partial charge in [0.05, 0.1) is 5.41 Å². The third kappa shape index (κ3) is 2.81. The predicted octanol–water partition coefficient (Wildman–Crippen LogP) is 3.24. The van der Waals surface area contributed by atoms with E-state index in [1.165, 1.54) is 16.8 Å². The molecule has 0 bridgehead atoms. The van der Waals surface area contributed by atoms with Crippen LogP contribution in [0.3, 0.4) is 0 Å². The van der Waals surface area contributed by atoms with Crippen molar-refractivity contribution in [3.63, 3.8) is 0 Å². The molecular weight excluding hydrogens is 310 g/mol. The molecule has 0 radical (unpaired) electrons. The van der Waals surface area contributed by atoms with Crippen LogP contribution in [0.25, 0.3) is 0 Å². The molecule has 1 saturated heterocycles. The summed E-state index contributed by atoms with van der Waals surface area (Å²) in [5, 5.41) is 3.08. The van der Waals surface area contributed by atoms with Gasteiger partial charge >= 0.3 is 0 Å². The number of rotatable bonds is 3. The van der Waals surface area contributed by atoms with Crippen molar-refractivity contribution >= 4 is 17.3 Å². The summed E-state index contributed by atoms with van der Waals surface area (Å²) in [6.07, 6.45) is 1.79. The number of amides is 1. The van der Waals surface area contributed by atoms with Gasteiger partial charge in [-0.2, -0.15) is 0 Å². The van der Waals surface area contributed by atoms with Crippen LogP contribution in [0, 0.1) is 0 Å². The van der Waals surface area contributed by atoms with Crippen LogP contribution >= 0.6 is 0 Å². The monoisotopic (exact) mass is 335 g/mol. The van der Waals surface area contributed by atoms with Crippen LogP contribution in [0.4, 0.5) is 11.4 Å². The number of piperidine rings is 1. The molecule has 4 nitrogen and oxygen atoms in total. The largest absolute Gasteiger partial charge is 0.378 e. The lowest BCUT2D eigenvalue weighted by Crippen LogP contribution is -2.46. The van der Waals surface area contributed by atoms with Gasteiger partial charge in [-0.25, -0.2) is 0 Å². The van der Waals surface area contributed by atoms with E-state index in [-0.39, 0.29) is 11.3 Å². The van der Waals surface area contributed by atoms with Crippen LogP contribution < -0.4 is 10.2 Å². The summed E-state index contributed by atoms with van der Waals surface area (Å²) in [4.78, 5) is 17.2. The normalized spacial score (nSPS) is 18.9. The molecular formula is C21H25N3O. The minimum atomic E-state index is -0.318. The minimum absolute atomic E-state index is 0.184. The fourth-order valence-corrected chi connectivity index (χ4v) is 4.12. The number of hydrogen-bond donors (Lipinski definition) is 1. The van der Waals surface area contributed by atoms with Crippen LogP contribution in [0.2, 0.25) is 0 Å². The number of fused-ring (bicyclic) bond motifs is 2. The highest BCUT2D eigenvalue weighted by atomic mass is 16.2. The number of carbonyl (C=O) groups excluding carboxylic acids is 1. The van der Waals surface area contributed by atoms with E-state index in [9.17, 15) is 4.79 Å². The lowest BCUT2D eigenvalue weighted by Gasteiger charge is -2.38. The Labute approximate surface area is 149 Å². The summed E-state index contributed by atoms with van der Waals surface area (Å²) in [6.45, 7) is 2.86. The number of anilines is 2. The van der Waals surface area contributed by atoms with Gasteiger partial charge in [-0.05, 0) is 55.3 Å². The fourth-order valence-electron chi connectivity index (χ4n) is 4.12. The van der Waals surface area contributed by atoms with Crippen LogP contribution in [0.5, 0.6) is 0 Å². The molecule has 2 aliphatic heterocycles. The summed E-state index contributed by atoms with van der Waals surface area (Å²) in [7, 11) is 4.12. The molecule has 0 aliphatic carbocycles. The molecule has 2 aromatic rings. The van der Waals surface area contributed by atoms with Gasteiger partial charge in [0, 0.05) is 32.0 Å². The zero-order chi connectivity index (χ0) is 17.4. The number of hydrogen-bond acceptors (Lipinski definition) is 3. The SMILES string of the molecule is CN(C)c1ccc(CN2CCC3(CC2)C(=O)Nc2ccccc23)cc1. The Morgan fingerprint density at radius 3 is 2.40 bits per heavy atom. The van der Waals surface area contributed by atoms with E-state index in [0.717, 1.165) is 38.2 Å². The molecule has 0 atom stereocenters. The molecule has 1 amide bonds. The standard InChI is InChI=1S/C21H25N3O/c1-23(2)17-9-7-16(8-10-17)15-24-13-11-21(12-14-24)18-5-3-4-6-19(18)22-20(21)25/h3-10H,11-15H2,1-2H3,(H,22,25). The molecule has 2 heterocycles.